The maximum absolute atomic E-state index is 14.3. The molecule has 3 heterocycles. The van der Waals surface area contributed by atoms with Crippen molar-refractivity contribution in [2.45, 2.75) is 47.9 Å². The van der Waals surface area contributed by atoms with Crippen LogP contribution in [0.4, 0.5) is 4.39 Å². The van der Waals surface area contributed by atoms with Gasteiger partial charge in [-0.25, -0.2) is 34.9 Å². The SMILES string of the molecule is Cc1ccc(S(=O)(=O)n2ccc3c2ncc2nnc([C@@H]4CC[C@H](NS(=O)(=O)c5ccc(Cl)cc5F)C4)n23)cc1. The van der Waals surface area contributed by atoms with Crippen LogP contribution in [0.5, 0.6) is 0 Å². The van der Waals surface area contributed by atoms with Gasteiger partial charge in [0.05, 0.1) is 16.6 Å². The number of hydrogen-bond acceptors (Lipinski definition) is 7. The summed E-state index contributed by atoms with van der Waals surface area (Å²) in [5.41, 5.74) is 2.11. The molecule has 1 fully saturated rings. The largest absolute Gasteiger partial charge is 0.274 e. The van der Waals surface area contributed by atoms with Gasteiger partial charge in [-0.3, -0.25) is 4.40 Å². The number of benzene rings is 2. The molecular weight excluding hydrogens is 567 g/mol. The molecule has 1 aliphatic rings. The quantitative estimate of drug-likeness (QED) is 0.317. The molecule has 0 radical (unpaired) electrons. The summed E-state index contributed by atoms with van der Waals surface area (Å²) in [6.45, 7) is 1.88. The Morgan fingerprint density at radius 1 is 1.03 bits per heavy atom. The number of halogens is 2. The summed E-state index contributed by atoms with van der Waals surface area (Å²) in [5, 5.41) is 8.66. The predicted molar refractivity (Wildman–Crippen MR) is 142 cm³/mol. The fraction of sp³-hybridized carbons (Fsp3) is 0.240. The Balaban J connectivity index is 1.31. The van der Waals surface area contributed by atoms with Gasteiger partial charge in [0.25, 0.3) is 10.0 Å². The molecular formula is C25H22ClFN6O4S2. The number of aromatic nitrogens is 5. The number of nitrogens with one attached hydrogen (secondary N) is 1. The number of aryl methyl sites for hydroxylation is 1. The number of nitrogens with zero attached hydrogens (tertiary/aromatic N) is 5. The molecule has 0 saturated heterocycles. The molecule has 6 rings (SSSR count). The summed E-state index contributed by atoms with van der Waals surface area (Å²) in [6.07, 6.45) is 4.41. The number of sulfonamides is 1. The third-order valence-corrected chi connectivity index (χ3v) is 10.4. The highest BCUT2D eigenvalue weighted by atomic mass is 35.5. The third kappa shape index (κ3) is 4.48. The van der Waals surface area contributed by atoms with Crippen molar-refractivity contribution in [3.05, 3.63) is 83.2 Å². The molecule has 202 valence electrons. The van der Waals surface area contributed by atoms with Crippen molar-refractivity contribution in [3.8, 4) is 0 Å². The van der Waals surface area contributed by atoms with E-state index < -0.39 is 36.8 Å². The lowest BCUT2D eigenvalue weighted by Crippen LogP contribution is -2.33. The Kier molecular flexibility index (Phi) is 6.21. The second-order valence-corrected chi connectivity index (χ2v) is 13.5. The summed E-state index contributed by atoms with van der Waals surface area (Å²) < 4.78 is 72.1. The van der Waals surface area contributed by atoms with E-state index in [0.717, 1.165) is 21.7 Å². The van der Waals surface area contributed by atoms with Crippen molar-refractivity contribution in [2.75, 3.05) is 0 Å². The van der Waals surface area contributed by atoms with Gasteiger partial charge >= 0.3 is 0 Å². The van der Waals surface area contributed by atoms with E-state index in [1.807, 2.05) is 6.92 Å². The van der Waals surface area contributed by atoms with Crippen molar-refractivity contribution in [1.29, 1.82) is 0 Å². The van der Waals surface area contributed by atoms with Crippen LogP contribution >= 0.6 is 11.6 Å². The summed E-state index contributed by atoms with van der Waals surface area (Å²) in [4.78, 5) is 4.03. The van der Waals surface area contributed by atoms with Crippen LogP contribution in [0, 0.1) is 12.7 Å². The van der Waals surface area contributed by atoms with Gasteiger partial charge in [-0.2, -0.15) is 0 Å². The van der Waals surface area contributed by atoms with Gasteiger partial charge in [0.15, 0.2) is 11.3 Å². The molecule has 0 unspecified atom stereocenters. The number of fused-ring (bicyclic) bond motifs is 3. The van der Waals surface area contributed by atoms with Gasteiger partial charge in [0, 0.05) is 23.2 Å². The second-order valence-electron chi connectivity index (χ2n) is 9.55. The summed E-state index contributed by atoms with van der Waals surface area (Å²) in [6, 6.07) is 11.2. The Hall–Kier alpha value is -3.39. The molecule has 2 atom stereocenters. The Labute approximate surface area is 228 Å². The van der Waals surface area contributed by atoms with E-state index in [4.69, 9.17) is 11.6 Å². The average molecular weight is 589 g/mol. The van der Waals surface area contributed by atoms with E-state index >= 15 is 0 Å². The summed E-state index contributed by atoms with van der Waals surface area (Å²) in [7, 11) is -8.01. The number of rotatable bonds is 6. The van der Waals surface area contributed by atoms with Crippen LogP contribution in [0.1, 0.15) is 36.6 Å². The maximum Gasteiger partial charge on any atom is 0.269 e. The highest BCUT2D eigenvalue weighted by molar-refractivity contribution is 7.90. The van der Waals surface area contributed by atoms with Gasteiger partial charge in [0.1, 0.15) is 16.5 Å². The maximum atomic E-state index is 14.3. The van der Waals surface area contributed by atoms with E-state index in [1.54, 1.807) is 34.7 Å². The summed E-state index contributed by atoms with van der Waals surface area (Å²) >= 11 is 5.76. The van der Waals surface area contributed by atoms with Crippen molar-refractivity contribution in [3.63, 3.8) is 0 Å². The summed E-state index contributed by atoms with van der Waals surface area (Å²) in [5.74, 6) is -0.527. The zero-order valence-electron chi connectivity index (χ0n) is 20.5. The molecule has 3 aromatic heterocycles. The fourth-order valence-corrected chi connectivity index (χ4v) is 7.83. The van der Waals surface area contributed by atoms with E-state index in [9.17, 15) is 21.2 Å². The molecule has 0 aliphatic heterocycles. The smallest absolute Gasteiger partial charge is 0.269 e. The predicted octanol–water partition coefficient (Wildman–Crippen LogP) is 4.03. The van der Waals surface area contributed by atoms with E-state index in [0.29, 0.717) is 36.3 Å². The average Bonchev–Trinajstić information content (AvgIpc) is 3.61. The van der Waals surface area contributed by atoms with Crippen LogP contribution in [-0.4, -0.2) is 46.4 Å². The Morgan fingerprint density at radius 3 is 2.54 bits per heavy atom. The second kappa shape index (κ2) is 9.37. The minimum Gasteiger partial charge on any atom is -0.274 e. The van der Waals surface area contributed by atoms with Crippen LogP contribution in [-0.2, 0) is 20.0 Å². The van der Waals surface area contributed by atoms with Gasteiger partial charge in [0.2, 0.25) is 10.0 Å². The first-order valence-corrected chi connectivity index (χ1v) is 15.4. The normalized spacial score (nSPS) is 18.3. The van der Waals surface area contributed by atoms with Crippen molar-refractivity contribution in [1.82, 2.24) is 28.3 Å². The third-order valence-electron chi connectivity index (χ3n) is 6.94. The molecule has 5 aromatic rings. The van der Waals surface area contributed by atoms with Crippen molar-refractivity contribution in [2.24, 2.45) is 0 Å². The highest BCUT2D eigenvalue weighted by Crippen LogP contribution is 2.36. The topological polar surface area (TPSA) is 128 Å². The molecule has 0 bridgehead atoms. The Bertz CT molecular complexity index is 1960. The van der Waals surface area contributed by atoms with E-state index in [-0.39, 0.29) is 21.5 Å². The lowest BCUT2D eigenvalue weighted by molar-refractivity contribution is 0.533. The van der Waals surface area contributed by atoms with Crippen LogP contribution in [0.25, 0.3) is 16.8 Å². The van der Waals surface area contributed by atoms with Crippen molar-refractivity contribution < 1.29 is 21.2 Å². The monoisotopic (exact) mass is 588 g/mol. The van der Waals surface area contributed by atoms with E-state index in [1.165, 1.54) is 18.5 Å². The van der Waals surface area contributed by atoms with Gasteiger partial charge in [-0.1, -0.05) is 29.3 Å². The van der Waals surface area contributed by atoms with Gasteiger partial charge in [-0.05, 0) is 62.6 Å². The zero-order chi connectivity index (χ0) is 27.5. The van der Waals surface area contributed by atoms with E-state index in [2.05, 4.69) is 19.9 Å². The highest BCUT2D eigenvalue weighted by Gasteiger charge is 2.34. The minimum atomic E-state index is -4.11. The minimum absolute atomic E-state index is 0.104. The number of hydrogen-bond donors (Lipinski definition) is 1. The van der Waals surface area contributed by atoms with Crippen LogP contribution in [0.2, 0.25) is 5.02 Å². The van der Waals surface area contributed by atoms with Crippen LogP contribution in [0.3, 0.4) is 0 Å². The fourth-order valence-electron chi connectivity index (χ4n) is 5.03. The molecule has 0 spiro atoms. The molecule has 2 aromatic carbocycles. The zero-order valence-corrected chi connectivity index (χ0v) is 22.9. The molecule has 0 amide bonds. The lowest BCUT2D eigenvalue weighted by atomic mass is 10.1. The Morgan fingerprint density at radius 2 is 1.79 bits per heavy atom. The van der Waals surface area contributed by atoms with Gasteiger partial charge in [-0.15, -0.1) is 10.2 Å². The first-order chi connectivity index (χ1) is 18.5. The standard InChI is InChI=1S/C25H22ClFN6O4S2/c1-15-2-7-19(8-3-15)39(36,37)32-11-10-21-25(32)28-14-23-29-30-24(33(21)23)16-4-6-18(12-16)31-38(34,35)22-9-5-17(26)13-20(22)27/h2-3,5,7-11,13-14,16,18,31H,4,6,12H2,1H3/t16-,18+/m1/s1. The molecule has 1 N–H and O–H groups in total. The van der Waals surface area contributed by atoms with Crippen LogP contribution in [0.15, 0.2) is 70.7 Å². The van der Waals surface area contributed by atoms with Gasteiger partial charge < -0.3 is 0 Å². The lowest BCUT2D eigenvalue weighted by Gasteiger charge is -2.14. The first kappa shape index (κ1) is 25.9. The first-order valence-electron chi connectivity index (χ1n) is 12.1. The molecule has 1 aliphatic carbocycles. The molecule has 39 heavy (non-hydrogen) atoms. The van der Waals surface area contributed by atoms with Crippen LogP contribution < -0.4 is 4.72 Å². The molecule has 1 saturated carbocycles. The molecule has 10 nitrogen and oxygen atoms in total. The molecule has 14 heteroatoms. The van der Waals surface area contributed by atoms with Crippen molar-refractivity contribution >= 4 is 48.5 Å².